The number of hydrogen-bond donors (Lipinski definition) is 0. The molecule has 3 aromatic rings. The molecule has 1 aromatic heterocycles. The Morgan fingerprint density at radius 2 is 1.67 bits per heavy atom. The Bertz CT molecular complexity index is 988. The summed E-state index contributed by atoms with van der Waals surface area (Å²) in [6, 6.07) is 19.1. The van der Waals surface area contributed by atoms with E-state index in [2.05, 4.69) is 70.1 Å². The highest BCUT2D eigenvalue weighted by molar-refractivity contribution is 5.61. The number of hydrogen-bond acceptors (Lipinski definition) is 4. The van der Waals surface area contributed by atoms with Crippen molar-refractivity contribution in [3.8, 4) is 17.0 Å². The molecule has 1 saturated heterocycles. The van der Waals surface area contributed by atoms with Gasteiger partial charge in [0, 0.05) is 38.3 Å². The Morgan fingerprint density at radius 3 is 2.37 bits per heavy atom. The van der Waals surface area contributed by atoms with E-state index in [4.69, 9.17) is 9.72 Å². The van der Waals surface area contributed by atoms with Crippen molar-refractivity contribution in [2.45, 2.75) is 31.5 Å². The van der Waals surface area contributed by atoms with Crippen molar-refractivity contribution in [2.75, 3.05) is 33.8 Å². The summed E-state index contributed by atoms with van der Waals surface area (Å²) in [6.45, 7) is 5.29. The first-order valence-corrected chi connectivity index (χ1v) is 10.9. The Hall–Kier alpha value is -2.63. The number of benzene rings is 2. The van der Waals surface area contributed by atoms with Gasteiger partial charge < -0.3 is 9.30 Å². The van der Waals surface area contributed by atoms with Gasteiger partial charge in [0.1, 0.15) is 11.6 Å². The average molecular weight is 403 g/mol. The standard InChI is InChI=1S/C25H30N4O/c1-27-16-17-29-23(21-8-10-22(30-2)11-9-21)18-26-24(29)25(27)12-14-28(15-13-25)19-20-6-4-3-5-7-20/h3-11,18H,12-17,19H2,1-2H3. The van der Waals surface area contributed by atoms with E-state index >= 15 is 0 Å². The van der Waals surface area contributed by atoms with E-state index in [9.17, 15) is 0 Å². The first-order valence-electron chi connectivity index (χ1n) is 10.9. The number of methoxy groups -OCH3 is 1. The van der Waals surface area contributed by atoms with Crippen LogP contribution in [0.2, 0.25) is 0 Å². The number of likely N-dealkylation sites (N-methyl/N-ethyl adjacent to an activating group) is 1. The molecule has 1 fully saturated rings. The predicted octanol–water partition coefficient (Wildman–Crippen LogP) is 4.00. The Balaban J connectivity index is 1.39. The van der Waals surface area contributed by atoms with Gasteiger partial charge in [-0.25, -0.2) is 4.98 Å². The predicted molar refractivity (Wildman–Crippen MR) is 119 cm³/mol. The van der Waals surface area contributed by atoms with Crippen molar-refractivity contribution in [1.29, 1.82) is 0 Å². The van der Waals surface area contributed by atoms with Gasteiger partial charge in [-0.05, 0) is 49.7 Å². The number of fused-ring (bicyclic) bond motifs is 2. The van der Waals surface area contributed by atoms with Crippen molar-refractivity contribution in [3.63, 3.8) is 0 Å². The summed E-state index contributed by atoms with van der Waals surface area (Å²) in [7, 11) is 3.98. The summed E-state index contributed by atoms with van der Waals surface area (Å²) in [5.74, 6) is 2.13. The largest absolute Gasteiger partial charge is 0.497 e. The fraction of sp³-hybridized carbons (Fsp3) is 0.400. The van der Waals surface area contributed by atoms with E-state index in [1.165, 1.54) is 22.6 Å². The molecule has 5 rings (SSSR count). The van der Waals surface area contributed by atoms with Crippen LogP contribution in [-0.4, -0.2) is 53.1 Å². The minimum Gasteiger partial charge on any atom is -0.497 e. The minimum atomic E-state index is 0.0379. The molecular formula is C25H30N4O. The zero-order chi connectivity index (χ0) is 20.6. The summed E-state index contributed by atoms with van der Waals surface area (Å²) < 4.78 is 7.78. The van der Waals surface area contributed by atoms with Crippen LogP contribution in [0.5, 0.6) is 5.75 Å². The van der Waals surface area contributed by atoms with Crippen LogP contribution in [0.15, 0.2) is 60.8 Å². The van der Waals surface area contributed by atoms with Gasteiger partial charge in [-0.1, -0.05) is 30.3 Å². The van der Waals surface area contributed by atoms with Gasteiger partial charge in [0.05, 0.1) is 24.5 Å². The molecule has 2 aliphatic heterocycles. The molecule has 0 atom stereocenters. The molecule has 0 amide bonds. The molecule has 0 bridgehead atoms. The SMILES string of the molecule is COc1ccc(-c2cnc3n2CCN(C)C32CCN(Cc3ccccc3)CC2)cc1. The normalized spacial score (nSPS) is 19.0. The lowest BCUT2D eigenvalue weighted by Gasteiger charge is -2.49. The highest BCUT2D eigenvalue weighted by atomic mass is 16.5. The van der Waals surface area contributed by atoms with E-state index < -0.39 is 0 Å². The molecule has 1 spiro atoms. The lowest BCUT2D eigenvalue weighted by atomic mass is 9.83. The van der Waals surface area contributed by atoms with Gasteiger partial charge in [-0.15, -0.1) is 0 Å². The van der Waals surface area contributed by atoms with Gasteiger partial charge in [-0.3, -0.25) is 9.80 Å². The van der Waals surface area contributed by atoms with Crippen LogP contribution in [0, 0.1) is 0 Å². The zero-order valence-corrected chi connectivity index (χ0v) is 17.9. The van der Waals surface area contributed by atoms with Crippen LogP contribution in [0.1, 0.15) is 24.2 Å². The first-order chi connectivity index (χ1) is 14.7. The number of imidazole rings is 1. The van der Waals surface area contributed by atoms with E-state index in [1.54, 1.807) is 7.11 Å². The molecule has 0 N–H and O–H groups in total. The van der Waals surface area contributed by atoms with Crippen LogP contribution in [0.25, 0.3) is 11.3 Å². The van der Waals surface area contributed by atoms with Gasteiger partial charge >= 0.3 is 0 Å². The molecule has 0 radical (unpaired) electrons. The zero-order valence-electron chi connectivity index (χ0n) is 17.9. The lowest BCUT2D eigenvalue weighted by Crippen LogP contribution is -2.56. The molecule has 156 valence electrons. The van der Waals surface area contributed by atoms with E-state index in [0.29, 0.717) is 0 Å². The maximum absolute atomic E-state index is 5.32. The van der Waals surface area contributed by atoms with Gasteiger partial charge in [0.2, 0.25) is 0 Å². The summed E-state index contributed by atoms with van der Waals surface area (Å²) in [4.78, 5) is 10.1. The van der Waals surface area contributed by atoms with Crippen LogP contribution in [0.4, 0.5) is 0 Å². The Kier molecular flexibility index (Phi) is 5.09. The molecule has 2 aromatic carbocycles. The van der Waals surface area contributed by atoms with Crippen LogP contribution >= 0.6 is 0 Å². The minimum absolute atomic E-state index is 0.0379. The van der Waals surface area contributed by atoms with Crippen LogP contribution in [-0.2, 0) is 18.6 Å². The molecular weight excluding hydrogens is 372 g/mol. The molecule has 3 heterocycles. The number of piperidine rings is 1. The maximum atomic E-state index is 5.32. The third-order valence-corrected chi connectivity index (χ3v) is 6.98. The van der Waals surface area contributed by atoms with Crippen molar-refractivity contribution in [1.82, 2.24) is 19.4 Å². The lowest BCUT2D eigenvalue weighted by molar-refractivity contribution is 0.00700. The highest BCUT2D eigenvalue weighted by Gasteiger charge is 2.45. The molecule has 5 nitrogen and oxygen atoms in total. The van der Waals surface area contributed by atoms with E-state index in [0.717, 1.165) is 51.3 Å². The summed E-state index contributed by atoms with van der Waals surface area (Å²) in [6.07, 6.45) is 4.30. The molecule has 2 aliphatic rings. The quantitative estimate of drug-likeness (QED) is 0.661. The number of ether oxygens (including phenoxy) is 1. The smallest absolute Gasteiger partial charge is 0.129 e. The van der Waals surface area contributed by atoms with Gasteiger partial charge in [0.15, 0.2) is 0 Å². The average Bonchev–Trinajstić information content (AvgIpc) is 3.24. The third-order valence-electron chi connectivity index (χ3n) is 6.98. The van der Waals surface area contributed by atoms with Crippen molar-refractivity contribution in [3.05, 3.63) is 72.2 Å². The number of likely N-dealkylation sites (tertiary alicyclic amines) is 1. The van der Waals surface area contributed by atoms with Gasteiger partial charge in [-0.2, -0.15) is 0 Å². The van der Waals surface area contributed by atoms with Crippen molar-refractivity contribution in [2.24, 2.45) is 0 Å². The molecule has 5 heteroatoms. The third kappa shape index (κ3) is 3.32. The maximum Gasteiger partial charge on any atom is 0.129 e. The van der Waals surface area contributed by atoms with Gasteiger partial charge in [0.25, 0.3) is 0 Å². The fourth-order valence-electron chi connectivity index (χ4n) is 5.13. The Morgan fingerprint density at radius 1 is 0.933 bits per heavy atom. The topological polar surface area (TPSA) is 33.5 Å². The second-order valence-corrected chi connectivity index (χ2v) is 8.56. The second kappa shape index (κ2) is 7.89. The fourth-order valence-corrected chi connectivity index (χ4v) is 5.13. The number of nitrogens with zero attached hydrogens (tertiary/aromatic N) is 4. The highest BCUT2D eigenvalue weighted by Crippen LogP contribution is 2.41. The summed E-state index contributed by atoms with van der Waals surface area (Å²) >= 11 is 0. The monoisotopic (exact) mass is 402 g/mol. The van der Waals surface area contributed by atoms with Crippen LogP contribution < -0.4 is 4.74 Å². The summed E-state index contributed by atoms with van der Waals surface area (Å²) in [5.41, 5.74) is 3.85. The van der Waals surface area contributed by atoms with E-state index in [-0.39, 0.29) is 5.54 Å². The molecule has 30 heavy (non-hydrogen) atoms. The van der Waals surface area contributed by atoms with Crippen LogP contribution in [0.3, 0.4) is 0 Å². The number of rotatable bonds is 4. The van der Waals surface area contributed by atoms with Crippen molar-refractivity contribution >= 4 is 0 Å². The Labute approximate surface area is 178 Å². The van der Waals surface area contributed by atoms with Crippen molar-refractivity contribution < 1.29 is 4.74 Å². The molecule has 0 unspecified atom stereocenters. The summed E-state index contributed by atoms with van der Waals surface area (Å²) in [5, 5.41) is 0. The molecule has 0 saturated carbocycles. The number of aromatic nitrogens is 2. The molecule has 0 aliphatic carbocycles. The van der Waals surface area contributed by atoms with E-state index in [1.807, 2.05) is 12.1 Å². The second-order valence-electron chi connectivity index (χ2n) is 8.56. The first kappa shape index (κ1) is 19.3.